The van der Waals surface area contributed by atoms with Crippen LogP contribution in [0.4, 0.5) is 16.3 Å². The molecule has 32 heavy (non-hydrogen) atoms. The van der Waals surface area contributed by atoms with E-state index in [1.165, 1.54) is 44.7 Å². The highest BCUT2D eigenvalue weighted by Gasteiger charge is 2.31. The monoisotopic (exact) mass is 455 g/mol. The molecule has 4 rings (SSSR count). The number of rotatable bonds is 6. The van der Waals surface area contributed by atoms with Gasteiger partial charge in [-0.15, -0.1) is 0 Å². The van der Waals surface area contributed by atoms with Crippen LogP contribution in [0.1, 0.15) is 55.3 Å². The summed E-state index contributed by atoms with van der Waals surface area (Å²) in [6, 6.07) is 11.0. The molecule has 1 atom stereocenters. The molecule has 170 valence electrons. The number of benzene rings is 1. The maximum absolute atomic E-state index is 12.5. The van der Waals surface area contributed by atoms with Crippen LogP contribution in [-0.2, 0) is 0 Å². The van der Waals surface area contributed by atoms with Gasteiger partial charge in [0.25, 0.3) is 5.91 Å². The average Bonchev–Trinajstić information content (AvgIpc) is 3.29. The Balaban J connectivity index is 1.28. The van der Waals surface area contributed by atoms with Crippen LogP contribution in [0.5, 0.6) is 0 Å². The van der Waals surface area contributed by atoms with Crippen LogP contribution >= 0.6 is 11.6 Å². The molecule has 1 aromatic carbocycles. The Kier molecular flexibility index (Phi) is 7.60. The fraction of sp³-hybridized carbons (Fsp3) is 0.458. The molecule has 2 aromatic rings. The third-order valence-corrected chi connectivity index (χ3v) is 6.54. The number of aromatic nitrogens is 1. The number of anilines is 2. The van der Waals surface area contributed by atoms with Crippen molar-refractivity contribution in [2.75, 3.05) is 23.7 Å². The second kappa shape index (κ2) is 10.8. The van der Waals surface area contributed by atoms with Gasteiger partial charge in [-0.25, -0.2) is 9.78 Å². The zero-order valence-electron chi connectivity index (χ0n) is 18.1. The normalized spacial score (nSPS) is 19.5. The number of urea groups is 1. The summed E-state index contributed by atoms with van der Waals surface area (Å²) in [7, 11) is 0. The molecular formula is C24H30ClN5O2. The van der Waals surface area contributed by atoms with E-state index in [1.54, 1.807) is 36.4 Å². The molecule has 2 aliphatic rings. The largest absolute Gasteiger partial charge is 0.336 e. The Bertz CT molecular complexity index is 930. The lowest BCUT2D eigenvalue weighted by atomic mass is 9.94. The molecule has 7 nitrogen and oxygen atoms in total. The van der Waals surface area contributed by atoms with Crippen LogP contribution in [0.2, 0.25) is 5.02 Å². The van der Waals surface area contributed by atoms with Gasteiger partial charge >= 0.3 is 6.03 Å². The lowest BCUT2D eigenvalue weighted by molar-refractivity contribution is 0.102. The molecule has 2 heterocycles. The molecule has 1 aromatic heterocycles. The van der Waals surface area contributed by atoms with E-state index in [0.717, 1.165) is 13.0 Å². The minimum absolute atomic E-state index is 0.252. The summed E-state index contributed by atoms with van der Waals surface area (Å²) in [6.07, 6.45) is 10.4. The SMILES string of the molecule is O=C(NCC1CCCN1C1CCCCC1)Nc1cccc(C(=O)Nc2ccc(Cl)cn2)c1. The Morgan fingerprint density at radius 1 is 1.03 bits per heavy atom. The van der Waals surface area contributed by atoms with Crippen LogP contribution in [-0.4, -0.2) is 47.0 Å². The number of nitrogens with zero attached hydrogens (tertiary/aromatic N) is 2. The number of carbonyl (C=O) groups is 2. The topological polar surface area (TPSA) is 86.4 Å². The van der Waals surface area contributed by atoms with E-state index in [9.17, 15) is 9.59 Å². The first kappa shape index (κ1) is 22.6. The third kappa shape index (κ3) is 5.99. The van der Waals surface area contributed by atoms with Gasteiger partial charge in [0.1, 0.15) is 5.82 Å². The molecule has 1 aliphatic heterocycles. The molecule has 3 N–H and O–H groups in total. The zero-order valence-corrected chi connectivity index (χ0v) is 18.9. The van der Waals surface area contributed by atoms with E-state index < -0.39 is 0 Å². The maximum Gasteiger partial charge on any atom is 0.319 e. The lowest BCUT2D eigenvalue weighted by Crippen LogP contribution is -2.46. The van der Waals surface area contributed by atoms with Crippen molar-refractivity contribution in [3.8, 4) is 0 Å². The van der Waals surface area contributed by atoms with Gasteiger partial charge in [-0.05, 0) is 62.6 Å². The van der Waals surface area contributed by atoms with E-state index in [0.29, 0.717) is 40.7 Å². The summed E-state index contributed by atoms with van der Waals surface area (Å²) in [4.78, 5) is 31.7. The third-order valence-electron chi connectivity index (χ3n) is 6.32. The number of hydrogen-bond acceptors (Lipinski definition) is 4. The van der Waals surface area contributed by atoms with Crippen molar-refractivity contribution in [2.24, 2.45) is 0 Å². The second-order valence-corrected chi connectivity index (χ2v) is 8.99. The molecule has 1 saturated carbocycles. The molecule has 8 heteroatoms. The van der Waals surface area contributed by atoms with E-state index in [1.807, 2.05) is 0 Å². The number of hydrogen-bond donors (Lipinski definition) is 3. The first-order chi connectivity index (χ1) is 15.6. The summed E-state index contributed by atoms with van der Waals surface area (Å²) >= 11 is 5.82. The predicted molar refractivity (Wildman–Crippen MR) is 127 cm³/mol. The standard InChI is InChI=1S/C24H30ClN5O2/c25-18-11-12-22(26-15-18)29-23(31)17-6-4-7-19(14-17)28-24(32)27-16-21-10-5-13-30(21)20-8-2-1-3-9-20/h4,6-7,11-12,14-15,20-21H,1-3,5,8-10,13,16H2,(H,26,29,31)(H2,27,28,32). The summed E-state index contributed by atoms with van der Waals surface area (Å²) in [5.41, 5.74) is 0.994. The highest BCUT2D eigenvalue weighted by atomic mass is 35.5. The minimum atomic E-state index is -0.307. The van der Waals surface area contributed by atoms with Crippen molar-refractivity contribution in [3.05, 3.63) is 53.2 Å². The lowest BCUT2D eigenvalue weighted by Gasteiger charge is -2.35. The molecular weight excluding hydrogens is 426 g/mol. The highest BCUT2D eigenvalue weighted by molar-refractivity contribution is 6.30. The number of halogens is 1. The molecule has 3 amide bonds. The Labute approximate surface area is 193 Å². The second-order valence-electron chi connectivity index (χ2n) is 8.56. The molecule has 1 aliphatic carbocycles. The van der Waals surface area contributed by atoms with E-state index in [4.69, 9.17) is 11.6 Å². The number of pyridine rings is 1. The van der Waals surface area contributed by atoms with Crippen LogP contribution in [0.15, 0.2) is 42.6 Å². The average molecular weight is 456 g/mol. The van der Waals surface area contributed by atoms with E-state index >= 15 is 0 Å². The molecule has 1 saturated heterocycles. The molecule has 0 spiro atoms. The van der Waals surface area contributed by atoms with Gasteiger partial charge in [-0.3, -0.25) is 9.69 Å². The van der Waals surface area contributed by atoms with Gasteiger partial charge in [-0.2, -0.15) is 0 Å². The van der Waals surface area contributed by atoms with Crippen molar-refractivity contribution >= 4 is 35.0 Å². The fourth-order valence-electron chi connectivity index (χ4n) is 4.73. The van der Waals surface area contributed by atoms with Crippen LogP contribution in [0.3, 0.4) is 0 Å². The van der Waals surface area contributed by atoms with Crippen LogP contribution in [0, 0.1) is 0 Å². The molecule has 0 radical (unpaired) electrons. The summed E-state index contributed by atoms with van der Waals surface area (Å²) in [6.45, 7) is 1.78. The van der Waals surface area contributed by atoms with Crippen molar-refractivity contribution < 1.29 is 9.59 Å². The van der Waals surface area contributed by atoms with Crippen molar-refractivity contribution in [1.82, 2.24) is 15.2 Å². The number of likely N-dealkylation sites (tertiary alicyclic amines) is 1. The smallest absolute Gasteiger partial charge is 0.319 e. The van der Waals surface area contributed by atoms with Gasteiger partial charge < -0.3 is 16.0 Å². The van der Waals surface area contributed by atoms with Gasteiger partial charge in [0.15, 0.2) is 0 Å². The van der Waals surface area contributed by atoms with Crippen molar-refractivity contribution in [3.63, 3.8) is 0 Å². The Morgan fingerprint density at radius 2 is 1.88 bits per heavy atom. The minimum Gasteiger partial charge on any atom is -0.336 e. The van der Waals surface area contributed by atoms with E-state index in [-0.39, 0.29) is 11.9 Å². The molecule has 1 unspecified atom stereocenters. The zero-order chi connectivity index (χ0) is 22.3. The van der Waals surface area contributed by atoms with Crippen molar-refractivity contribution in [1.29, 1.82) is 0 Å². The highest BCUT2D eigenvalue weighted by Crippen LogP contribution is 2.28. The number of amides is 3. The summed E-state index contributed by atoms with van der Waals surface area (Å²) in [5, 5.41) is 9.09. The van der Waals surface area contributed by atoms with Crippen LogP contribution < -0.4 is 16.0 Å². The van der Waals surface area contributed by atoms with Crippen LogP contribution in [0.25, 0.3) is 0 Å². The summed E-state index contributed by atoms with van der Waals surface area (Å²) in [5.74, 6) is 0.104. The molecule has 2 fully saturated rings. The summed E-state index contributed by atoms with van der Waals surface area (Å²) < 4.78 is 0. The van der Waals surface area contributed by atoms with Gasteiger partial charge in [0.05, 0.1) is 5.02 Å². The first-order valence-corrected chi connectivity index (χ1v) is 11.8. The fourth-order valence-corrected chi connectivity index (χ4v) is 4.84. The van der Waals surface area contributed by atoms with Crippen molar-refractivity contribution in [2.45, 2.75) is 57.0 Å². The van der Waals surface area contributed by atoms with Gasteiger partial charge in [0, 0.05) is 36.1 Å². The number of carbonyl (C=O) groups excluding carboxylic acids is 2. The Hall–Kier alpha value is -2.64. The molecule has 0 bridgehead atoms. The van der Waals surface area contributed by atoms with Gasteiger partial charge in [-0.1, -0.05) is 36.9 Å². The Morgan fingerprint density at radius 3 is 2.66 bits per heavy atom. The van der Waals surface area contributed by atoms with Gasteiger partial charge in [0.2, 0.25) is 0 Å². The number of nitrogens with one attached hydrogen (secondary N) is 3. The van der Waals surface area contributed by atoms with E-state index in [2.05, 4.69) is 25.8 Å². The maximum atomic E-state index is 12.5. The first-order valence-electron chi connectivity index (χ1n) is 11.4. The predicted octanol–water partition coefficient (Wildman–Crippen LogP) is 4.91. The quantitative estimate of drug-likeness (QED) is 0.577.